The number of fused-ring (bicyclic) bond motifs is 1. The van der Waals surface area contributed by atoms with Crippen LogP contribution in [0.25, 0.3) is 21.5 Å². The van der Waals surface area contributed by atoms with Gasteiger partial charge >= 0.3 is 0 Å². The SMILES string of the molecule is O=C(Nc1ccc(F)c(C(O)c2c[nH]c3ncc(-c4ccc(S(=O)O)s4)cc23)c1F)c1cccc(F)c1. The number of pyridine rings is 1. The zero-order chi connectivity index (χ0) is 26.3. The van der Waals surface area contributed by atoms with Crippen molar-refractivity contribution >= 4 is 45.0 Å². The third kappa shape index (κ3) is 4.79. The molecule has 0 saturated heterocycles. The molecule has 12 heteroatoms. The van der Waals surface area contributed by atoms with Crippen LogP contribution in [0.2, 0.25) is 0 Å². The van der Waals surface area contributed by atoms with Gasteiger partial charge < -0.3 is 20.0 Å². The van der Waals surface area contributed by atoms with E-state index >= 15 is 4.39 Å². The number of nitrogens with one attached hydrogen (secondary N) is 2. The molecule has 37 heavy (non-hydrogen) atoms. The van der Waals surface area contributed by atoms with E-state index < -0.39 is 51.8 Å². The van der Waals surface area contributed by atoms with Gasteiger partial charge in [-0.15, -0.1) is 11.3 Å². The third-order valence-electron chi connectivity index (χ3n) is 5.63. The number of thiophene rings is 1. The fourth-order valence-electron chi connectivity index (χ4n) is 3.85. The molecule has 3 heterocycles. The number of amides is 1. The Morgan fingerprint density at radius 1 is 1.11 bits per heavy atom. The van der Waals surface area contributed by atoms with Crippen LogP contribution in [0.5, 0.6) is 0 Å². The number of H-pyrrole nitrogens is 1. The van der Waals surface area contributed by atoms with Gasteiger partial charge in [-0.25, -0.2) is 22.4 Å². The molecule has 0 aliphatic rings. The summed E-state index contributed by atoms with van der Waals surface area (Å²) in [5.41, 5.74) is -0.124. The van der Waals surface area contributed by atoms with Crippen LogP contribution in [-0.2, 0) is 11.1 Å². The second-order valence-corrected chi connectivity index (χ2v) is 10.2. The lowest BCUT2D eigenvalue weighted by atomic mass is 9.99. The van der Waals surface area contributed by atoms with Crippen LogP contribution in [0.15, 0.2) is 71.2 Å². The molecule has 0 saturated carbocycles. The molecule has 2 unspecified atom stereocenters. The normalized spacial score (nSPS) is 13.0. The van der Waals surface area contributed by atoms with Crippen molar-refractivity contribution in [2.45, 2.75) is 10.3 Å². The number of rotatable bonds is 6. The van der Waals surface area contributed by atoms with E-state index in [9.17, 15) is 27.4 Å². The number of aliphatic hydroxyl groups excluding tert-OH is 1. The maximum atomic E-state index is 15.4. The molecule has 5 aromatic rings. The smallest absolute Gasteiger partial charge is 0.255 e. The molecular formula is C25H16F3N3O4S2. The first-order valence-electron chi connectivity index (χ1n) is 10.6. The number of carbonyl (C=O) groups excluding carboxylic acids is 1. The molecule has 0 fully saturated rings. The standard InChI is InChI=1S/C25H16F3N3O4S2/c26-14-3-1-2-12(8-14)25(33)31-18-5-4-17(27)21(22(18)28)23(32)16-11-30-24-15(16)9-13(10-29-24)19-6-7-20(36-19)37(34)35/h1-11,23,32H,(H,29,30)(H,31,33)(H,34,35). The highest BCUT2D eigenvalue weighted by molar-refractivity contribution is 7.81. The average Bonchev–Trinajstić information content (AvgIpc) is 3.53. The second kappa shape index (κ2) is 9.90. The molecule has 4 N–H and O–H groups in total. The van der Waals surface area contributed by atoms with Crippen molar-refractivity contribution in [2.75, 3.05) is 5.32 Å². The number of carbonyl (C=O) groups is 1. The van der Waals surface area contributed by atoms with Crippen LogP contribution < -0.4 is 5.32 Å². The lowest BCUT2D eigenvalue weighted by Crippen LogP contribution is -2.15. The van der Waals surface area contributed by atoms with E-state index in [1.807, 2.05) is 0 Å². The van der Waals surface area contributed by atoms with Crippen LogP contribution in [0.4, 0.5) is 18.9 Å². The second-order valence-electron chi connectivity index (χ2n) is 7.92. The lowest BCUT2D eigenvalue weighted by molar-refractivity contribution is 0.102. The van der Waals surface area contributed by atoms with Crippen molar-refractivity contribution in [2.24, 2.45) is 0 Å². The quantitative estimate of drug-likeness (QED) is 0.208. The van der Waals surface area contributed by atoms with Crippen molar-refractivity contribution in [3.63, 3.8) is 0 Å². The summed E-state index contributed by atoms with van der Waals surface area (Å²) in [6.45, 7) is 0. The molecular weight excluding hydrogens is 527 g/mol. The Morgan fingerprint density at radius 2 is 1.92 bits per heavy atom. The highest BCUT2D eigenvalue weighted by Crippen LogP contribution is 2.36. The number of aliphatic hydroxyl groups is 1. The van der Waals surface area contributed by atoms with Gasteiger partial charge in [0.15, 0.2) is 16.9 Å². The van der Waals surface area contributed by atoms with Crippen LogP contribution in [0.1, 0.15) is 27.6 Å². The Morgan fingerprint density at radius 3 is 2.65 bits per heavy atom. The number of anilines is 1. The fraction of sp³-hybridized carbons (Fsp3) is 0.0400. The summed E-state index contributed by atoms with van der Waals surface area (Å²) < 4.78 is 64.5. The number of halogens is 3. The maximum absolute atomic E-state index is 15.4. The van der Waals surface area contributed by atoms with E-state index in [1.54, 1.807) is 12.1 Å². The molecule has 5 rings (SSSR count). The van der Waals surface area contributed by atoms with E-state index in [1.165, 1.54) is 30.6 Å². The molecule has 2 atom stereocenters. The van der Waals surface area contributed by atoms with Gasteiger partial charge in [0.25, 0.3) is 5.91 Å². The summed E-state index contributed by atoms with van der Waals surface area (Å²) in [5.74, 6) is -3.70. The number of hydrogen-bond donors (Lipinski definition) is 4. The molecule has 0 radical (unpaired) electrons. The zero-order valence-electron chi connectivity index (χ0n) is 18.5. The maximum Gasteiger partial charge on any atom is 0.255 e. The van der Waals surface area contributed by atoms with Crippen molar-refractivity contribution in [1.82, 2.24) is 9.97 Å². The minimum atomic E-state index is -2.14. The van der Waals surface area contributed by atoms with Gasteiger partial charge in [0.2, 0.25) is 0 Å². The molecule has 188 valence electrons. The predicted octanol–water partition coefficient (Wildman–Crippen LogP) is 5.62. The molecule has 7 nitrogen and oxygen atoms in total. The highest BCUT2D eigenvalue weighted by atomic mass is 32.2. The van der Waals surface area contributed by atoms with Crippen LogP contribution in [0.3, 0.4) is 0 Å². The van der Waals surface area contributed by atoms with Crippen molar-refractivity contribution in [1.29, 1.82) is 0 Å². The fourth-order valence-corrected chi connectivity index (χ4v) is 5.31. The summed E-state index contributed by atoms with van der Waals surface area (Å²) in [7, 11) is 0. The Balaban J connectivity index is 1.51. The van der Waals surface area contributed by atoms with Gasteiger partial charge in [0, 0.05) is 39.3 Å². The molecule has 1 amide bonds. The Bertz CT molecular complexity index is 1690. The largest absolute Gasteiger partial charge is 0.383 e. The Hall–Kier alpha value is -3.84. The summed E-state index contributed by atoms with van der Waals surface area (Å²) in [6, 6.07) is 11.5. The van der Waals surface area contributed by atoms with Gasteiger partial charge in [-0.2, -0.15) is 0 Å². The van der Waals surface area contributed by atoms with Crippen molar-refractivity contribution < 1.29 is 31.8 Å². The van der Waals surface area contributed by atoms with E-state index in [2.05, 4.69) is 15.3 Å². The minimum Gasteiger partial charge on any atom is -0.383 e. The summed E-state index contributed by atoms with van der Waals surface area (Å²) in [6.07, 6.45) is 1.11. The topological polar surface area (TPSA) is 115 Å². The van der Waals surface area contributed by atoms with E-state index in [-0.39, 0.29) is 15.3 Å². The van der Waals surface area contributed by atoms with Gasteiger partial charge in [-0.1, -0.05) is 6.07 Å². The van der Waals surface area contributed by atoms with Gasteiger partial charge in [0.05, 0.1) is 11.3 Å². The monoisotopic (exact) mass is 543 g/mol. The number of nitrogens with zero attached hydrogens (tertiary/aromatic N) is 1. The van der Waals surface area contributed by atoms with Gasteiger partial charge in [0.1, 0.15) is 27.6 Å². The lowest BCUT2D eigenvalue weighted by Gasteiger charge is -2.16. The van der Waals surface area contributed by atoms with E-state index in [4.69, 9.17) is 0 Å². The summed E-state index contributed by atoms with van der Waals surface area (Å²) >= 11 is -1.06. The number of hydrogen-bond acceptors (Lipinski definition) is 5. The van der Waals surface area contributed by atoms with Crippen LogP contribution in [-0.4, -0.2) is 29.7 Å². The minimum absolute atomic E-state index is 0.0668. The zero-order valence-corrected chi connectivity index (χ0v) is 20.2. The van der Waals surface area contributed by atoms with E-state index in [0.717, 1.165) is 35.6 Å². The predicted molar refractivity (Wildman–Crippen MR) is 133 cm³/mol. The van der Waals surface area contributed by atoms with Crippen molar-refractivity contribution in [3.8, 4) is 10.4 Å². The van der Waals surface area contributed by atoms with Crippen molar-refractivity contribution in [3.05, 3.63) is 101 Å². The first kappa shape index (κ1) is 24.8. The highest BCUT2D eigenvalue weighted by Gasteiger charge is 2.26. The van der Waals surface area contributed by atoms with Gasteiger partial charge in [-0.3, -0.25) is 4.79 Å². The molecule has 0 spiro atoms. The summed E-state index contributed by atoms with van der Waals surface area (Å²) in [4.78, 5) is 20.2. The molecule has 2 aromatic carbocycles. The average molecular weight is 544 g/mol. The molecule has 0 aliphatic heterocycles. The first-order chi connectivity index (χ1) is 17.7. The number of benzene rings is 2. The Kier molecular flexibility index (Phi) is 6.65. The summed E-state index contributed by atoms with van der Waals surface area (Å²) in [5, 5.41) is 13.7. The Labute approximate surface area is 213 Å². The number of aromatic amines is 1. The molecule has 0 bridgehead atoms. The van der Waals surface area contributed by atoms with Crippen LogP contribution in [0, 0.1) is 17.5 Å². The molecule has 3 aromatic heterocycles. The van der Waals surface area contributed by atoms with Gasteiger partial charge in [-0.05, 0) is 48.5 Å². The van der Waals surface area contributed by atoms with Crippen LogP contribution >= 0.6 is 11.3 Å². The number of aromatic nitrogens is 2. The van der Waals surface area contributed by atoms with E-state index in [0.29, 0.717) is 21.5 Å². The third-order valence-corrected chi connectivity index (χ3v) is 7.72. The molecule has 0 aliphatic carbocycles. The first-order valence-corrected chi connectivity index (χ1v) is 12.6.